The highest BCUT2D eigenvalue weighted by Gasteiger charge is 2.22. The van der Waals surface area contributed by atoms with Crippen LogP contribution in [0.15, 0.2) is 38.4 Å². The van der Waals surface area contributed by atoms with Gasteiger partial charge in [-0.15, -0.1) is 0 Å². The number of furan rings is 1. The van der Waals surface area contributed by atoms with Crippen molar-refractivity contribution in [3.05, 3.63) is 46.1 Å². The Morgan fingerprint density at radius 3 is 2.71 bits per heavy atom. The van der Waals surface area contributed by atoms with Crippen LogP contribution >= 0.6 is 15.9 Å². The lowest BCUT2D eigenvalue weighted by Crippen LogP contribution is -2.23. The molecule has 0 aromatic carbocycles. The van der Waals surface area contributed by atoms with E-state index in [1.165, 1.54) is 6.07 Å². The summed E-state index contributed by atoms with van der Waals surface area (Å²) in [6, 6.07) is 5.17. The number of halogens is 1. The fourth-order valence-electron chi connectivity index (χ4n) is 1.70. The predicted octanol–water partition coefficient (Wildman–Crippen LogP) is 1.94. The minimum atomic E-state index is -3.64. The zero-order valence-corrected chi connectivity index (χ0v) is 14.1. The van der Waals surface area contributed by atoms with Crippen molar-refractivity contribution in [2.75, 3.05) is 7.05 Å². The summed E-state index contributed by atoms with van der Waals surface area (Å²) < 4.78 is 32.6. The van der Waals surface area contributed by atoms with Crippen molar-refractivity contribution >= 4 is 26.0 Å². The SMILES string of the molecule is CNCc1cc(S(=O)(=O)NCc2ccc(C)nc2)c(Br)o1. The molecule has 0 bridgehead atoms. The first-order valence-corrected chi connectivity index (χ1v) is 8.54. The Bertz CT molecular complexity index is 711. The maximum Gasteiger partial charge on any atom is 0.245 e. The van der Waals surface area contributed by atoms with Crippen LogP contribution in [-0.2, 0) is 23.1 Å². The van der Waals surface area contributed by atoms with E-state index in [9.17, 15) is 8.42 Å². The van der Waals surface area contributed by atoms with Crippen molar-refractivity contribution in [3.8, 4) is 0 Å². The van der Waals surface area contributed by atoms with Gasteiger partial charge in [0.25, 0.3) is 0 Å². The molecule has 0 spiro atoms. The number of hydrogen-bond acceptors (Lipinski definition) is 5. The molecule has 0 aliphatic rings. The predicted molar refractivity (Wildman–Crippen MR) is 82.2 cm³/mol. The standard InChI is InChI=1S/C13H16BrN3O3S/c1-9-3-4-10(6-16-9)7-17-21(18,19)12-5-11(8-15-2)20-13(12)14/h3-6,15,17H,7-8H2,1-2H3. The molecule has 2 rings (SSSR count). The first-order chi connectivity index (χ1) is 9.92. The second-order valence-electron chi connectivity index (χ2n) is 4.51. The summed E-state index contributed by atoms with van der Waals surface area (Å²) in [7, 11) is -1.89. The maximum atomic E-state index is 12.3. The molecule has 2 N–H and O–H groups in total. The van der Waals surface area contributed by atoms with Crippen LogP contribution in [-0.4, -0.2) is 20.4 Å². The fraction of sp³-hybridized carbons (Fsp3) is 0.308. The third-order valence-electron chi connectivity index (χ3n) is 2.79. The Morgan fingerprint density at radius 2 is 2.10 bits per heavy atom. The molecule has 0 amide bonds. The van der Waals surface area contributed by atoms with Crippen LogP contribution < -0.4 is 10.0 Å². The van der Waals surface area contributed by atoms with Crippen LogP contribution in [0.4, 0.5) is 0 Å². The Morgan fingerprint density at radius 1 is 1.33 bits per heavy atom. The molecule has 114 valence electrons. The molecular weight excluding hydrogens is 358 g/mol. The van der Waals surface area contributed by atoms with Gasteiger partial charge in [0.2, 0.25) is 10.0 Å². The highest BCUT2D eigenvalue weighted by atomic mass is 79.9. The Hall–Kier alpha value is -1.22. The average molecular weight is 374 g/mol. The van der Waals surface area contributed by atoms with Crippen LogP contribution in [0.5, 0.6) is 0 Å². The molecule has 0 saturated heterocycles. The Balaban J connectivity index is 2.12. The maximum absolute atomic E-state index is 12.3. The largest absolute Gasteiger partial charge is 0.452 e. The molecule has 0 saturated carbocycles. The van der Waals surface area contributed by atoms with E-state index in [1.807, 2.05) is 19.1 Å². The lowest BCUT2D eigenvalue weighted by molar-refractivity contribution is 0.470. The molecule has 0 aliphatic heterocycles. The average Bonchev–Trinajstić information content (AvgIpc) is 2.80. The van der Waals surface area contributed by atoms with E-state index in [1.54, 1.807) is 13.2 Å². The van der Waals surface area contributed by atoms with Crippen LogP contribution in [0.1, 0.15) is 17.0 Å². The van der Waals surface area contributed by atoms with Crippen molar-refractivity contribution < 1.29 is 12.8 Å². The van der Waals surface area contributed by atoms with E-state index < -0.39 is 10.0 Å². The van der Waals surface area contributed by atoms with Gasteiger partial charge in [0.15, 0.2) is 4.67 Å². The minimum absolute atomic E-state index is 0.0906. The monoisotopic (exact) mass is 373 g/mol. The summed E-state index contributed by atoms with van der Waals surface area (Å²) in [4.78, 5) is 4.22. The minimum Gasteiger partial charge on any atom is -0.452 e. The van der Waals surface area contributed by atoms with Gasteiger partial charge >= 0.3 is 0 Å². The molecule has 0 atom stereocenters. The number of nitrogens with zero attached hydrogens (tertiary/aromatic N) is 1. The molecule has 0 aliphatic carbocycles. The van der Waals surface area contributed by atoms with Crippen molar-refractivity contribution in [1.29, 1.82) is 0 Å². The Kier molecular flexibility index (Phi) is 5.15. The molecular formula is C13H16BrN3O3S. The molecule has 2 aromatic heterocycles. The summed E-state index contributed by atoms with van der Waals surface area (Å²) in [5, 5.41) is 2.90. The molecule has 21 heavy (non-hydrogen) atoms. The van der Waals surface area contributed by atoms with Crippen molar-refractivity contribution in [2.45, 2.75) is 24.9 Å². The quantitative estimate of drug-likeness (QED) is 0.808. The number of sulfonamides is 1. The van der Waals surface area contributed by atoms with Crippen LogP contribution in [0, 0.1) is 6.92 Å². The van der Waals surface area contributed by atoms with Crippen molar-refractivity contribution in [1.82, 2.24) is 15.0 Å². The summed E-state index contributed by atoms with van der Waals surface area (Å²) in [5.74, 6) is 0.543. The highest BCUT2D eigenvalue weighted by Crippen LogP contribution is 2.26. The topological polar surface area (TPSA) is 84.2 Å². The van der Waals surface area contributed by atoms with Gasteiger partial charge in [-0.05, 0) is 41.5 Å². The van der Waals surface area contributed by atoms with Gasteiger partial charge < -0.3 is 9.73 Å². The van der Waals surface area contributed by atoms with E-state index in [0.29, 0.717) is 12.3 Å². The smallest absolute Gasteiger partial charge is 0.245 e. The second kappa shape index (κ2) is 6.69. The van der Waals surface area contributed by atoms with Crippen LogP contribution in [0.3, 0.4) is 0 Å². The number of aryl methyl sites for hydroxylation is 1. The van der Waals surface area contributed by atoms with Gasteiger partial charge in [-0.1, -0.05) is 6.07 Å². The molecule has 2 heterocycles. The second-order valence-corrected chi connectivity index (χ2v) is 6.97. The summed E-state index contributed by atoms with van der Waals surface area (Å²) in [6.45, 7) is 2.50. The summed E-state index contributed by atoms with van der Waals surface area (Å²) in [6.07, 6.45) is 1.65. The van der Waals surface area contributed by atoms with Gasteiger partial charge in [0, 0.05) is 24.5 Å². The van der Waals surface area contributed by atoms with E-state index in [4.69, 9.17) is 4.42 Å². The third-order valence-corrected chi connectivity index (χ3v) is 5.04. The van der Waals surface area contributed by atoms with Gasteiger partial charge in [0.05, 0.1) is 6.54 Å². The number of pyridine rings is 1. The van der Waals surface area contributed by atoms with Gasteiger partial charge in [0.1, 0.15) is 10.7 Å². The van der Waals surface area contributed by atoms with E-state index in [2.05, 4.69) is 31.0 Å². The van der Waals surface area contributed by atoms with Crippen molar-refractivity contribution in [3.63, 3.8) is 0 Å². The molecule has 2 aromatic rings. The first kappa shape index (κ1) is 16.2. The van der Waals surface area contributed by atoms with Gasteiger partial charge in [-0.25, -0.2) is 13.1 Å². The highest BCUT2D eigenvalue weighted by molar-refractivity contribution is 9.10. The molecule has 0 unspecified atom stereocenters. The molecule has 8 heteroatoms. The normalized spacial score (nSPS) is 11.8. The zero-order chi connectivity index (χ0) is 15.5. The molecule has 6 nitrogen and oxygen atoms in total. The summed E-state index contributed by atoms with van der Waals surface area (Å²) >= 11 is 3.13. The number of rotatable bonds is 6. The fourth-order valence-corrected chi connectivity index (χ4v) is 3.71. The Labute approximate surface area is 132 Å². The van der Waals surface area contributed by atoms with E-state index in [-0.39, 0.29) is 16.1 Å². The van der Waals surface area contributed by atoms with E-state index >= 15 is 0 Å². The number of aromatic nitrogens is 1. The molecule has 0 radical (unpaired) electrons. The van der Waals surface area contributed by atoms with Gasteiger partial charge in [-0.3, -0.25) is 4.98 Å². The first-order valence-electron chi connectivity index (χ1n) is 6.26. The molecule has 0 fully saturated rings. The van der Waals surface area contributed by atoms with Gasteiger partial charge in [-0.2, -0.15) is 0 Å². The van der Waals surface area contributed by atoms with Crippen LogP contribution in [0.2, 0.25) is 0 Å². The van der Waals surface area contributed by atoms with Crippen LogP contribution in [0.25, 0.3) is 0 Å². The van der Waals surface area contributed by atoms with Crippen molar-refractivity contribution in [2.24, 2.45) is 0 Å². The van der Waals surface area contributed by atoms with E-state index in [0.717, 1.165) is 11.3 Å². The lowest BCUT2D eigenvalue weighted by atomic mass is 10.2. The summed E-state index contributed by atoms with van der Waals surface area (Å²) in [5.41, 5.74) is 1.68. The lowest BCUT2D eigenvalue weighted by Gasteiger charge is -2.05. The number of nitrogens with one attached hydrogen (secondary N) is 2. The zero-order valence-electron chi connectivity index (χ0n) is 11.7. The number of hydrogen-bond donors (Lipinski definition) is 2. The third kappa shape index (κ3) is 4.13.